The van der Waals surface area contributed by atoms with Gasteiger partial charge in [0.05, 0.1) is 31.8 Å². The van der Waals surface area contributed by atoms with Gasteiger partial charge in [0.25, 0.3) is 0 Å². The highest BCUT2D eigenvalue weighted by Gasteiger charge is 2.51. The predicted octanol–water partition coefficient (Wildman–Crippen LogP) is 8.03. The maximum Gasteiger partial charge on any atom is 0.306 e. The third kappa shape index (κ3) is 10.1. The van der Waals surface area contributed by atoms with Crippen molar-refractivity contribution in [1.29, 1.82) is 0 Å². The van der Waals surface area contributed by atoms with Gasteiger partial charge in [-0.1, -0.05) is 79.7 Å². The van der Waals surface area contributed by atoms with E-state index >= 15 is 0 Å². The van der Waals surface area contributed by atoms with Gasteiger partial charge in [-0.05, 0) is 97.6 Å². The highest BCUT2D eigenvalue weighted by molar-refractivity contribution is 5.71. The van der Waals surface area contributed by atoms with Gasteiger partial charge in [0.1, 0.15) is 11.5 Å². The van der Waals surface area contributed by atoms with Gasteiger partial charge < -0.3 is 38.6 Å². The third-order valence-corrected chi connectivity index (χ3v) is 10.8. The van der Waals surface area contributed by atoms with Crippen LogP contribution in [-0.4, -0.2) is 72.4 Å². The van der Waals surface area contributed by atoms with Crippen molar-refractivity contribution in [2.45, 2.75) is 156 Å². The topological polar surface area (TPSA) is 130 Å². The maximum atomic E-state index is 13.1. The molecule has 2 aromatic rings. The Morgan fingerprint density at radius 3 is 1.25 bits per heavy atom. The molecule has 2 atom stereocenters. The molecule has 10 nitrogen and oxygen atoms in total. The first-order valence-electron chi connectivity index (χ1n) is 19.1. The minimum absolute atomic E-state index is 0.179. The van der Waals surface area contributed by atoms with Crippen LogP contribution in [0.5, 0.6) is 11.5 Å². The molecule has 1 spiro atoms. The molecule has 2 unspecified atom stereocenters. The molecule has 2 fully saturated rings. The van der Waals surface area contributed by atoms with Gasteiger partial charge in [-0.2, -0.15) is 0 Å². The number of ether oxygens (including phenoxy) is 6. The lowest BCUT2D eigenvalue weighted by Gasteiger charge is -2.49. The van der Waals surface area contributed by atoms with Crippen LogP contribution in [0.3, 0.4) is 0 Å². The fraction of sp³-hybridized carbons (Fsp3) is 0.674. The quantitative estimate of drug-likeness (QED) is 0.206. The highest BCUT2D eigenvalue weighted by Crippen LogP contribution is 2.39. The van der Waals surface area contributed by atoms with E-state index in [4.69, 9.17) is 28.4 Å². The van der Waals surface area contributed by atoms with Crippen molar-refractivity contribution in [2.24, 2.45) is 5.41 Å². The average molecular weight is 741 g/mol. The van der Waals surface area contributed by atoms with Crippen molar-refractivity contribution < 1.29 is 48.2 Å². The van der Waals surface area contributed by atoms with E-state index in [0.29, 0.717) is 37.2 Å². The number of benzene rings is 2. The van der Waals surface area contributed by atoms with Gasteiger partial charge in [0.2, 0.25) is 0 Å². The fourth-order valence-corrected chi connectivity index (χ4v) is 6.89. The Hall–Kier alpha value is -3.18. The van der Waals surface area contributed by atoms with Crippen molar-refractivity contribution >= 4 is 11.9 Å². The second kappa shape index (κ2) is 16.3. The first-order valence-corrected chi connectivity index (χ1v) is 19.1. The lowest BCUT2D eigenvalue weighted by molar-refractivity contribution is -0.349. The second-order valence-corrected chi connectivity index (χ2v) is 17.8. The number of hydrogen-bond acceptors (Lipinski definition) is 10. The molecule has 2 aliphatic heterocycles. The molecule has 2 aromatic carbocycles. The fourth-order valence-electron chi connectivity index (χ4n) is 6.89. The number of hydrogen-bond donors (Lipinski definition) is 2. The van der Waals surface area contributed by atoms with Crippen LogP contribution in [0.2, 0.25) is 0 Å². The number of phenolic OH excluding ortho intramolecular Hbond substituents is 2. The largest absolute Gasteiger partial charge is 0.507 e. The minimum atomic E-state index is -0.999. The van der Waals surface area contributed by atoms with Crippen LogP contribution < -0.4 is 0 Å². The van der Waals surface area contributed by atoms with Crippen LogP contribution >= 0.6 is 0 Å². The van der Waals surface area contributed by atoms with Crippen LogP contribution in [-0.2, 0) is 61.7 Å². The van der Waals surface area contributed by atoms with E-state index in [-0.39, 0.29) is 62.0 Å². The molecule has 296 valence electrons. The van der Waals surface area contributed by atoms with Crippen LogP contribution in [0.1, 0.15) is 128 Å². The summed E-state index contributed by atoms with van der Waals surface area (Å²) in [6.07, 6.45) is 0.776. The van der Waals surface area contributed by atoms with Crippen LogP contribution in [0.25, 0.3) is 0 Å². The summed E-state index contributed by atoms with van der Waals surface area (Å²) in [6, 6.07) is 7.77. The Labute approximate surface area is 316 Å². The van der Waals surface area contributed by atoms with Crippen molar-refractivity contribution in [2.75, 3.05) is 26.4 Å². The molecule has 0 radical (unpaired) electrons. The molecule has 4 rings (SSSR count). The zero-order valence-corrected chi connectivity index (χ0v) is 34.2. The molecule has 0 bridgehead atoms. The van der Waals surface area contributed by atoms with Crippen LogP contribution in [0, 0.1) is 19.3 Å². The number of aromatic hydroxyl groups is 2. The monoisotopic (exact) mass is 740 g/mol. The summed E-state index contributed by atoms with van der Waals surface area (Å²) >= 11 is 0. The third-order valence-electron chi connectivity index (χ3n) is 10.8. The van der Waals surface area contributed by atoms with E-state index < -0.39 is 29.2 Å². The molecule has 10 heteroatoms. The highest BCUT2D eigenvalue weighted by atomic mass is 16.7. The molecule has 0 aromatic heterocycles. The smallest absolute Gasteiger partial charge is 0.306 e. The average Bonchev–Trinajstić information content (AvgIpc) is 3.08. The molecule has 0 saturated carbocycles. The van der Waals surface area contributed by atoms with Gasteiger partial charge in [-0.25, -0.2) is 0 Å². The first kappa shape index (κ1) is 42.6. The van der Waals surface area contributed by atoms with Gasteiger partial charge >= 0.3 is 11.9 Å². The Kier molecular flexibility index (Phi) is 13.1. The second-order valence-electron chi connectivity index (χ2n) is 17.8. The van der Waals surface area contributed by atoms with Crippen molar-refractivity contribution in [3.63, 3.8) is 0 Å². The van der Waals surface area contributed by atoms with Crippen molar-refractivity contribution in [3.05, 3.63) is 57.6 Å². The number of carbonyl (C=O) groups is 2. The summed E-state index contributed by atoms with van der Waals surface area (Å²) in [6.45, 7) is 24.7. The first-order chi connectivity index (χ1) is 24.5. The molecular formula is C43H64O10. The number of rotatable bonds is 12. The molecule has 2 saturated heterocycles. The number of carbonyl (C=O) groups excluding carboxylic acids is 2. The van der Waals surface area contributed by atoms with Crippen LogP contribution in [0.15, 0.2) is 24.3 Å². The summed E-state index contributed by atoms with van der Waals surface area (Å²) < 4.78 is 36.9. The molecule has 53 heavy (non-hydrogen) atoms. The summed E-state index contributed by atoms with van der Waals surface area (Å²) in [7, 11) is 0. The van der Waals surface area contributed by atoms with E-state index in [9.17, 15) is 19.8 Å². The lowest BCUT2D eigenvalue weighted by atomic mass is 9.83. The Morgan fingerprint density at radius 1 is 0.642 bits per heavy atom. The van der Waals surface area contributed by atoms with E-state index in [0.717, 1.165) is 33.4 Å². The Morgan fingerprint density at radius 2 is 0.962 bits per heavy atom. The summed E-state index contributed by atoms with van der Waals surface area (Å²) in [4.78, 5) is 26.2. The molecule has 0 amide bonds. The summed E-state index contributed by atoms with van der Waals surface area (Å²) in [5, 5.41) is 21.2. The molecule has 2 N–H and O–H groups in total. The number of esters is 2. The molecular weight excluding hydrogens is 676 g/mol. The zero-order valence-electron chi connectivity index (χ0n) is 34.2. The Bertz CT molecular complexity index is 1480. The van der Waals surface area contributed by atoms with E-state index in [2.05, 4.69) is 41.5 Å². The normalized spacial score (nSPS) is 23.2. The van der Waals surface area contributed by atoms with Gasteiger partial charge in [-0.3, -0.25) is 9.59 Å². The van der Waals surface area contributed by atoms with Crippen molar-refractivity contribution in [1.82, 2.24) is 0 Å². The predicted molar refractivity (Wildman–Crippen MR) is 203 cm³/mol. The molecule has 0 aliphatic carbocycles. The minimum Gasteiger partial charge on any atom is -0.507 e. The SMILES string of the molecule is CCC(C)(OC(=O)CCc1cc(C)c(O)c(C(C)(C)C)c1)C1OCC2(CO1)COC(C(C)(CC)OC(=O)CCc1cc(C)c(O)c(C(C)(C)C)c1)OC2. The van der Waals surface area contributed by atoms with E-state index in [1.165, 1.54) is 0 Å². The lowest BCUT2D eigenvalue weighted by Crippen LogP contribution is -2.60. The summed E-state index contributed by atoms with van der Waals surface area (Å²) in [5.74, 6) is -0.111. The standard InChI is InChI=1S/C43H64O10/c1-13-41(11,52-33(44)17-15-29-19-27(3)35(46)31(21-29)39(5,6)7)37-48-23-43(24-49-37)25-50-38(51-26-43)42(12,14-2)53-34(45)18-16-30-20-28(4)36(47)32(22-30)40(8,9)10/h19-22,37-38,46-47H,13-18,23-26H2,1-12H3. The zero-order chi connectivity index (χ0) is 39.6. The van der Waals surface area contributed by atoms with Gasteiger partial charge in [0, 0.05) is 12.8 Å². The number of phenols is 2. The van der Waals surface area contributed by atoms with E-state index in [1.54, 1.807) is 0 Å². The Balaban J connectivity index is 1.28. The molecule has 2 heterocycles. The van der Waals surface area contributed by atoms with E-state index in [1.807, 2.05) is 65.8 Å². The van der Waals surface area contributed by atoms with Crippen molar-refractivity contribution in [3.8, 4) is 11.5 Å². The number of aryl methyl sites for hydroxylation is 4. The maximum absolute atomic E-state index is 13.1. The van der Waals surface area contributed by atoms with Gasteiger partial charge in [0.15, 0.2) is 23.8 Å². The summed E-state index contributed by atoms with van der Waals surface area (Å²) in [5.41, 5.74) is 2.19. The van der Waals surface area contributed by atoms with Crippen LogP contribution in [0.4, 0.5) is 0 Å². The molecule has 2 aliphatic rings. The van der Waals surface area contributed by atoms with Gasteiger partial charge in [-0.15, -0.1) is 0 Å².